The van der Waals surface area contributed by atoms with E-state index in [0.717, 1.165) is 32.7 Å². The van der Waals surface area contributed by atoms with Crippen molar-refractivity contribution in [3.05, 3.63) is 11.3 Å². The van der Waals surface area contributed by atoms with Crippen LogP contribution in [-0.2, 0) is 17.8 Å². The van der Waals surface area contributed by atoms with E-state index >= 15 is 0 Å². The summed E-state index contributed by atoms with van der Waals surface area (Å²) < 4.78 is 7.59. The molecule has 1 saturated heterocycles. The minimum Gasteiger partial charge on any atom is -0.382 e. The summed E-state index contributed by atoms with van der Waals surface area (Å²) in [6.45, 7) is 6.92. The topological polar surface area (TPSA) is 56.3 Å². The maximum Gasteiger partial charge on any atom is 0.149 e. The third kappa shape index (κ3) is 1.43. The highest BCUT2D eigenvalue weighted by Crippen LogP contribution is 2.29. The van der Waals surface area contributed by atoms with Crippen molar-refractivity contribution < 1.29 is 4.74 Å². The van der Waals surface area contributed by atoms with E-state index in [1.165, 1.54) is 11.3 Å². The van der Waals surface area contributed by atoms with Gasteiger partial charge in [-0.3, -0.25) is 9.58 Å². The molecule has 0 unspecified atom stereocenters. The Kier molecular flexibility index (Phi) is 2.37. The van der Waals surface area contributed by atoms with E-state index in [0.29, 0.717) is 18.5 Å². The molecule has 3 rings (SSSR count). The molecule has 1 fully saturated rings. The Bertz CT molecular complexity index is 395. The average molecular weight is 222 g/mol. The van der Waals surface area contributed by atoms with Gasteiger partial charge in [0.15, 0.2) is 0 Å². The highest BCUT2D eigenvalue weighted by Gasteiger charge is 2.31. The fourth-order valence-electron chi connectivity index (χ4n) is 2.55. The maximum absolute atomic E-state index is 5.94. The highest BCUT2D eigenvalue weighted by molar-refractivity contribution is 5.43. The first-order chi connectivity index (χ1) is 7.79. The molecular weight excluding hydrogens is 204 g/mol. The number of hydrogen-bond acceptors (Lipinski definition) is 4. The average Bonchev–Trinajstić information content (AvgIpc) is 2.56. The van der Waals surface area contributed by atoms with E-state index in [9.17, 15) is 0 Å². The van der Waals surface area contributed by atoms with E-state index in [2.05, 4.69) is 21.6 Å². The second-order valence-electron chi connectivity index (χ2n) is 4.56. The first-order valence-corrected chi connectivity index (χ1v) is 5.95. The minimum atomic E-state index is 0.493. The zero-order valence-corrected chi connectivity index (χ0v) is 9.65. The van der Waals surface area contributed by atoms with Crippen molar-refractivity contribution in [1.29, 1.82) is 0 Å². The van der Waals surface area contributed by atoms with Crippen molar-refractivity contribution in [3.8, 4) is 0 Å². The van der Waals surface area contributed by atoms with Crippen LogP contribution in [0.3, 0.4) is 0 Å². The van der Waals surface area contributed by atoms with Crippen LogP contribution in [0.1, 0.15) is 24.2 Å². The van der Waals surface area contributed by atoms with Gasteiger partial charge >= 0.3 is 0 Å². The van der Waals surface area contributed by atoms with Gasteiger partial charge in [0, 0.05) is 25.1 Å². The monoisotopic (exact) mass is 222 g/mol. The molecule has 0 radical (unpaired) electrons. The number of aromatic nitrogens is 2. The number of likely N-dealkylation sites (tertiary alicyclic amines) is 1. The molecule has 0 spiro atoms. The van der Waals surface area contributed by atoms with Gasteiger partial charge in [0.05, 0.1) is 24.9 Å². The lowest BCUT2D eigenvalue weighted by Crippen LogP contribution is -2.48. The molecule has 1 aromatic rings. The summed E-state index contributed by atoms with van der Waals surface area (Å²) in [6, 6.07) is 0.493. The van der Waals surface area contributed by atoms with Crippen molar-refractivity contribution in [2.24, 2.45) is 0 Å². The van der Waals surface area contributed by atoms with Crippen LogP contribution in [0.5, 0.6) is 0 Å². The first kappa shape index (κ1) is 10.1. The Morgan fingerprint density at radius 2 is 2.31 bits per heavy atom. The highest BCUT2D eigenvalue weighted by atomic mass is 16.5. The molecule has 0 aliphatic carbocycles. The van der Waals surface area contributed by atoms with Gasteiger partial charge < -0.3 is 10.5 Å². The molecule has 2 aliphatic rings. The Morgan fingerprint density at radius 1 is 1.50 bits per heavy atom. The van der Waals surface area contributed by atoms with E-state index in [1.807, 2.05) is 0 Å². The fourth-order valence-corrected chi connectivity index (χ4v) is 2.55. The van der Waals surface area contributed by atoms with Crippen molar-refractivity contribution >= 4 is 5.82 Å². The van der Waals surface area contributed by atoms with Crippen LogP contribution >= 0.6 is 0 Å². The summed E-state index contributed by atoms with van der Waals surface area (Å²) in [5, 5.41) is 4.47. The van der Waals surface area contributed by atoms with Crippen LogP contribution in [0.2, 0.25) is 0 Å². The van der Waals surface area contributed by atoms with Gasteiger partial charge in [-0.15, -0.1) is 0 Å². The molecule has 2 aliphatic heterocycles. The molecule has 5 nitrogen and oxygen atoms in total. The van der Waals surface area contributed by atoms with Gasteiger partial charge in [0.1, 0.15) is 5.82 Å². The van der Waals surface area contributed by atoms with Crippen LogP contribution < -0.4 is 5.73 Å². The number of anilines is 1. The largest absolute Gasteiger partial charge is 0.382 e. The number of rotatable bonds is 2. The standard InChI is InChI=1S/C11H18N4O/c1-2-14-5-8(6-14)15-10-7-16-4-3-9(10)11(12)13-15/h8H,2-7H2,1H3,(H2,12,13). The summed E-state index contributed by atoms with van der Waals surface area (Å²) in [4.78, 5) is 2.40. The summed E-state index contributed by atoms with van der Waals surface area (Å²) >= 11 is 0. The Labute approximate surface area is 95.2 Å². The molecule has 0 atom stereocenters. The molecule has 1 aromatic heterocycles. The minimum absolute atomic E-state index is 0.493. The zero-order valence-electron chi connectivity index (χ0n) is 9.65. The Balaban J connectivity index is 1.85. The van der Waals surface area contributed by atoms with Gasteiger partial charge in [-0.05, 0) is 6.54 Å². The number of hydrogen-bond donors (Lipinski definition) is 1. The fraction of sp³-hybridized carbons (Fsp3) is 0.727. The lowest BCUT2D eigenvalue weighted by molar-refractivity contribution is 0.0776. The molecule has 3 heterocycles. The Hall–Kier alpha value is -1.07. The van der Waals surface area contributed by atoms with E-state index in [1.54, 1.807) is 0 Å². The van der Waals surface area contributed by atoms with E-state index in [-0.39, 0.29) is 0 Å². The number of ether oxygens (including phenoxy) is 1. The molecule has 0 saturated carbocycles. The summed E-state index contributed by atoms with van der Waals surface area (Å²) in [5.41, 5.74) is 8.35. The summed E-state index contributed by atoms with van der Waals surface area (Å²) in [5.74, 6) is 0.702. The lowest BCUT2D eigenvalue weighted by Gasteiger charge is -2.39. The van der Waals surface area contributed by atoms with Crippen LogP contribution in [0.25, 0.3) is 0 Å². The van der Waals surface area contributed by atoms with Crippen LogP contribution in [0.15, 0.2) is 0 Å². The number of nitrogen functional groups attached to an aromatic ring is 1. The normalized spacial score (nSPS) is 21.8. The number of fused-ring (bicyclic) bond motifs is 1. The molecule has 0 bridgehead atoms. The molecule has 2 N–H and O–H groups in total. The second kappa shape index (κ2) is 3.75. The zero-order chi connectivity index (χ0) is 11.1. The molecule has 5 heteroatoms. The van der Waals surface area contributed by atoms with Crippen LogP contribution in [-0.4, -0.2) is 40.9 Å². The predicted octanol–water partition coefficient (Wildman–Crippen LogP) is 0.415. The molecule has 0 amide bonds. The molecule has 88 valence electrons. The van der Waals surface area contributed by atoms with Gasteiger partial charge in [-0.2, -0.15) is 5.10 Å². The number of nitrogens with two attached hydrogens (primary N) is 1. The Morgan fingerprint density at radius 3 is 3.06 bits per heavy atom. The lowest BCUT2D eigenvalue weighted by atomic mass is 10.1. The third-order valence-electron chi connectivity index (χ3n) is 3.62. The molecule has 0 aromatic carbocycles. The van der Waals surface area contributed by atoms with Crippen molar-refractivity contribution in [2.75, 3.05) is 32.0 Å². The maximum atomic E-state index is 5.94. The van der Waals surface area contributed by atoms with Crippen LogP contribution in [0.4, 0.5) is 5.82 Å². The van der Waals surface area contributed by atoms with Gasteiger partial charge in [-0.25, -0.2) is 0 Å². The molecular formula is C11H18N4O. The van der Waals surface area contributed by atoms with E-state index in [4.69, 9.17) is 10.5 Å². The summed E-state index contributed by atoms with van der Waals surface area (Å²) in [6.07, 6.45) is 0.908. The van der Waals surface area contributed by atoms with Crippen molar-refractivity contribution in [2.45, 2.75) is 26.0 Å². The van der Waals surface area contributed by atoms with Crippen LogP contribution in [0, 0.1) is 0 Å². The van der Waals surface area contributed by atoms with Gasteiger partial charge in [-0.1, -0.05) is 6.92 Å². The van der Waals surface area contributed by atoms with Crippen molar-refractivity contribution in [3.63, 3.8) is 0 Å². The smallest absolute Gasteiger partial charge is 0.149 e. The third-order valence-corrected chi connectivity index (χ3v) is 3.62. The predicted molar refractivity (Wildman–Crippen MR) is 61.2 cm³/mol. The summed E-state index contributed by atoms with van der Waals surface area (Å²) in [7, 11) is 0. The second-order valence-corrected chi connectivity index (χ2v) is 4.56. The van der Waals surface area contributed by atoms with E-state index < -0.39 is 0 Å². The van der Waals surface area contributed by atoms with Gasteiger partial charge in [0.25, 0.3) is 0 Å². The van der Waals surface area contributed by atoms with Crippen molar-refractivity contribution in [1.82, 2.24) is 14.7 Å². The SMILES string of the molecule is CCN1CC(n2nc(N)c3c2COCC3)C1. The van der Waals surface area contributed by atoms with Gasteiger partial charge in [0.2, 0.25) is 0 Å². The number of likely N-dealkylation sites (N-methyl/N-ethyl adjacent to an activating group) is 1. The number of nitrogens with zero attached hydrogens (tertiary/aromatic N) is 3. The first-order valence-electron chi connectivity index (χ1n) is 5.95. The molecule has 16 heavy (non-hydrogen) atoms. The quantitative estimate of drug-likeness (QED) is 0.787.